The molecule has 2 rings (SSSR count). The van der Waals surface area contributed by atoms with Gasteiger partial charge in [0.1, 0.15) is 5.60 Å². The van der Waals surface area contributed by atoms with E-state index in [0.29, 0.717) is 20.4 Å². The fourth-order valence-corrected chi connectivity index (χ4v) is 1.66. The SMILES string of the molecule is C.CC(C)(C)OC(=O)Nc1c[nH]ccc1=S.Nc1c[nH]ccc1=S. The number of aromatic amines is 2. The first-order valence-corrected chi connectivity index (χ1v) is 7.60. The van der Waals surface area contributed by atoms with E-state index in [2.05, 4.69) is 15.3 Å². The summed E-state index contributed by atoms with van der Waals surface area (Å²) in [6.07, 6.45) is 6.23. The van der Waals surface area contributed by atoms with Crippen molar-refractivity contribution in [1.82, 2.24) is 9.97 Å². The van der Waals surface area contributed by atoms with Crippen molar-refractivity contribution in [3.63, 3.8) is 0 Å². The quantitative estimate of drug-likeness (QED) is 0.528. The van der Waals surface area contributed by atoms with Gasteiger partial charge in [-0.25, -0.2) is 4.79 Å². The van der Waals surface area contributed by atoms with Crippen LogP contribution < -0.4 is 11.1 Å². The number of aromatic nitrogens is 2. The Hall–Kier alpha value is -2.19. The Balaban J connectivity index is 0.000000498. The average Bonchev–Trinajstić information content (AvgIpc) is 2.43. The predicted molar refractivity (Wildman–Crippen MR) is 104 cm³/mol. The van der Waals surface area contributed by atoms with Crippen molar-refractivity contribution in [3.8, 4) is 0 Å². The van der Waals surface area contributed by atoms with Crippen LogP contribution in [0.1, 0.15) is 28.2 Å². The molecule has 1 amide bonds. The molecule has 0 aliphatic carbocycles. The van der Waals surface area contributed by atoms with Crippen LogP contribution in [0.4, 0.5) is 16.2 Å². The van der Waals surface area contributed by atoms with Crippen LogP contribution in [-0.2, 0) is 4.74 Å². The van der Waals surface area contributed by atoms with Gasteiger partial charge in [0.2, 0.25) is 0 Å². The zero-order valence-electron chi connectivity index (χ0n) is 13.2. The molecule has 0 spiro atoms. The van der Waals surface area contributed by atoms with E-state index < -0.39 is 11.7 Å². The summed E-state index contributed by atoms with van der Waals surface area (Å²) in [7, 11) is 0. The Bertz CT molecular complexity index is 763. The summed E-state index contributed by atoms with van der Waals surface area (Å²) in [5, 5.41) is 2.57. The topological polar surface area (TPSA) is 95.9 Å². The van der Waals surface area contributed by atoms with Gasteiger partial charge in [0.05, 0.1) is 20.4 Å². The minimum absolute atomic E-state index is 0. The first-order chi connectivity index (χ1) is 10.7. The van der Waals surface area contributed by atoms with E-state index in [4.69, 9.17) is 34.9 Å². The molecule has 5 N–H and O–H groups in total. The summed E-state index contributed by atoms with van der Waals surface area (Å²) in [6, 6.07) is 3.45. The molecule has 0 aliphatic heterocycles. The fraction of sp³-hybridized carbons (Fsp3) is 0.312. The maximum absolute atomic E-state index is 11.4. The summed E-state index contributed by atoms with van der Waals surface area (Å²) in [6.45, 7) is 5.41. The standard InChI is InChI=1S/C10H14N2O2S.C5H6N2S.CH4/c1-10(2,3)14-9(13)12-7-6-11-5-4-8(7)15;6-4-3-7-2-1-5(4)8;/h4-6H,1-3H3,(H,11,15)(H,12,13);1-3H,6H2,(H,7,8);1H4. The molecule has 0 unspecified atom stereocenters. The molecule has 6 nitrogen and oxygen atoms in total. The molecular weight excluding hydrogens is 344 g/mol. The van der Waals surface area contributed by atoms with Gasteiger partial charge in [-0.05, 0) is 32.9 Å². The third kappa shape index (κ3) is 8.44. The zero-order chi connectivity index (χ0) is 17.5. The van der Waals surface area contributed by atoms with Crippen LogP contribution in [0.2, 0.25) is 0 Å². The number of nitrogens with two attached hydrogens (primary N) is 1. The van der Waals surface area contributed by atoms with Crippen LogP contribution in [0.3, 0.4) is 0 Å². The second-order valence-electron chi connectivity index (χ2n) is 5.51. The van der Waals surface area contributed by atoms with Crippen LogP contribution in [0.25, 0.3) is 0 Å². The highest BCUT2D eigenvalue weighted by atomic mass is 32.1. The summed E-state index contributed by atoms with van der Waals surface area (Å²) in [4.78, 5) is 17.0. The molecule has 0 saturated heterocycles. The highest BCUT2D eigenvalue weighted by molar-refractivity contribution is 7.71. The number of H-pyrrole nitrogens is 2. The molecule has 0 fully saturated rings. The molecule has 2 aromatic heterocycles. The zero-order valence-corrected chi connectivity index (χ0v) is 14.8. The van der Waals surface area contributed by atoms with Gasteiger partial charge < -0.3 is 20.4 Å². The minimum Gasteiger partial charge on any atom is -0.444 e. The number of amides is 1. The van der Waals surface area contributed by atoms with E-state index in [1.54, 1.807) is 57.7 Å². The molecule has 2 heterocycles. The molecule has 132 valence electrons. The van der Waals surface area contributed by atoms with Crippen LogP contribution in [0.15, 0.2) is 36.9 Å². The summed E-state index contributed by atoms with van der Waals surface area (Å²) < 4.78 is 6.35. The third-order valence-electron chi connectivity index (χ3n) is 2.31. The Morgan fingerprint density at radius 2 is 1.67 bits per heavy atom. The van der Waals surface area contributed by atoms with Gasteiger partial charge in [0, 0.05) is 24.8 Å². The Morgan fingerprint density at radius 1 is 1.12 bits per heavy atom. The number of nitrogen functional groups attached to an aromatic ring is 1. The molecule has 0 saturated carbocycles. The smallest absolute Gasteiger partial charge is 0.412 e. The Kier molecular flexibility index (Phi) is 8.94. The van der Waals surface area contributed by atoms with Crippen LogP contribution in [0.5, 0.6) is 0 Å². The van der Waals surface area contributed by atoms with E-state index in [9.17, 15) is 4.79 Å². The molecule has 24 heavy (non-hydrogen) atoms. The summed E-state index contributed by atoms with van der Waals surface area (Å²) in [5.41, 5.74) is 6.05. The molecule has 2 aromatic rings. The predicted octanol–water partition coefficient (Wildman–Crippen LogP) is 5.05. The van der Waals surface area contributed by atoms with Crippen molar-refractivity contribution in [3.05, 3.63) is 45.9 Å². The number of carbonyl (C=O) groups is 1. The lowest BCUT2D eigenvalue weighted by molar-refractivity contribution is 0.0636. The van der Waals surface area contributed by atoms with Gasteiger partial charge in [-0.3, -0.25) is 5.32 Å². The Morgan fingerprint density at radius 3 is 2.08 bits per heavy atom. The first kappa shape index (κ1) is 21.8. The lowest BCUT2D eigenvalue weighted by Gasteiger charge is -2.19. The monoisotopic (exact) mass is 368 g/mol. The van der Waals surface area contributed by atoms with Crippen molar-refractivity contribution in [1.29, 1.82) is 0 Å². The second kappa shape index (κ2) is 9.84. The number of pyridine rings is 2. The van der Waals surface area contributed by atoms with Crippen molar-refractivity contribution in [2.45, 2.75) is 33.8 Å². The van der Waals surface area contributed by atoms with Gasteiger partial charge in [0.15, 0.2) is 0 Å². The van der Waals surface area contributed by atoms with Crippen molar-refractivity contribution in [2.24, 2.45) is 0 Å². The molecule has 0 radical (unpaired) electrons. The normalized spacial score (nSPS) is 9.79. The number of carbonyl (C=O) groups excluding carboxylic acids is 1. The highest BCUT2D eigenvalue weighted by Crippen LogP contribution is 2.11. The van der Waals surface area contributed by atoms with Crippen molar-refractivity contribution < 1.29 is 9.53 Å². The van der Waals surface area contributed by atoms with Crippen LogP contribution in [0, 0.1) is 9.02 Å². The van der Waals surface area contributed by atoms with Crippen molar-refractivity contribution in [2.75, 3.05) is 11.1 Å². The summed E-state index contributed by atoms with van der Waals surface area (Å²) in [5.74, 6) is 0. The molecule has 0 bridgehead atoms. The molecule has 0 aliphatic rings. The van der Waals surface area contributed by atoms with Gasteiger partial charge in [-0.2, -0.15) is 0 Å². The van der Waals surface area contributed by atoms with Gasteiger partial charge in [-0.15, -0.1) is 0 Å². The molecular formula is C16H24N4O2S2. The maximum atomic E-state index is 11.4. The van der Waals surface area contributed by atoms with E-state index in [1.165, 1.54) is 0 Å². The number of nitrogens with one attached hydrogen (secondary N) is 3. The minimum atomic E-state index is -0.510. The Labute approximate surface area is 152 Å². The van der Waals surface area contributed by atoms with Crippen LogP contribution in [-0.4, -0.2) is 21.7 Å². The number of rotatable bonds is 1. The lowest BCUT2D eigenvalue weighted by atomic mass is 10.2. The van der Waals surface area contributed by atoms with Gasteiger partial charge in [0.25, 0.3) is 0 Å². The van der Waals surface area contributed by atoms with E-state index in [-0.39, 0.29) is 7.43 Å². The molecule has 0 atom stereocenters. The lowest BCUT2D eigenvalue weighted by Crippen LogP contribution is -2.27. The summed E-state index contributed by atoms with van der Waals surface area (Å²) >= 11 is 9.83. The molecule has 0 aromatic carbocycles. The van der Waals surface area contributed by atoms with Gasteiger partial charge in [-0.1, -0.05) is 31.9 Å². The number of anilines is 2. The van der Waals surface area contributed by atoms with E-state index in [1.807, 2.05) is 0 Å². The molecule has 8 heteroatoms. The van der Waals surface area contributed by atoms with Crippen molar-refractivity contribution >= 4 is 41.9 Å². The largest absolute Gasteiger partial charge is 0.444 e. The number of hydrogen-bond acceptors (Lipinski definition) is 5. The first-order valence-electron chi connectivity index (χ1n) is 6.79. The number of ether oxygens (including phenoxy) is 1. The average molecular weight is 369 g/mol. The van der Waals surface area contributed by atoms with Crippen LogP contribution >= 0.6 is 24.4 Å². The second-order valence-corrected chi connectivity index (χ2v) is 6.39. The highest BCUT2D eigenvalue weighted by Gasteiger charge is 2.16. The third-order valence-corrected chi connectivity index (χ3v) is 3.04. The van der Waals surface area contributed by atoms with E-state index in [0.717, 1.165) is 0 Å². The van der Waals surface area contributed by atoms with Gasteiger partial charge >= 0.3 is 6.09 Å². The van der Waals surface area contributed by atoms with E-state index >= 15 is 0 Å². The fourth-order valence-electron chi connectivity index (χ4n) is 1.36. The maximum Gasteiger partial charge on any atom is 0.412 e. The number of hydrogen-bond donors (Lipinski definition) is 4.